The van der Waals surface area contributed by atoms with E-state index in [4.69, 9.17) is 9.47 Å². The number of rotatable bonds is 3. The zero-order chi connectivity index (χ0) is 12.0. The van der Waals surface area contributed by atoms with Gasteiger partial charge >= 0.3 is 12.1 Å². The average Bonchev–Trinajstić information content (AvgIpc) is 2.30. The van der Waals surface area contributed by atoms with E-state index in [9.17, 15) is 9.59 Å². The van der Waals surface area contributed by atoms with Crippen molar-refractivity contribution in [2.24, 2.45) is 4.99 Å². The third-order valence-corrected chi connectivity index (χ3v) is 2.12. The number of nitrogens with zero attached hydrogens (tertiary/aromatic N) is 2. The number of aliphatic imine (C=N–C) groups is 1. The summed E-state index contributed by atoms with van der Waals surface area (Å²) in [6.07, 6.45) is 1.08. The van der Waals surface area contributed by atoms with Gasteiger partial charge in [0.1, 0.15) is 0 Å². The first kappa shape index (κ1) is 12.5. The summed E-state index contributed by atoms with van der Waals surface area (Å²) in [6, 6.07) is -0.663. The van der Waals surface area contributed by atoms with E-state index < -0.39 is 18.1 Å². The Hall–Kier alpha value is -1.59. The van der Waals surface area contributed by atoms with Gasteiger partial charge in [-0.25, -0.2) is 9.59 Å². The largest absolute Gasteiger partial charge is 0.464 e. The predicted molar refractivity (Wildman–Crippen MR) is 57.5 cm³/mol. The molecule has 1 unspecified atom stereocenters. The van der Waals surface area contributed by atoms with Gasteiger partial charge in [0.15, 0.2) is 6.04 Å². The van der Waals surface area contributed by atoms with E-state index in [1.807, 2.05) is 0 Å². The molecule has 0 N–H and O–H groups in total. The van der Waals surface area contributed by atoms with E-state index in [1.165, 1.54) is 4.90 Å². The van der Waals surface area contributed by atoms with Gasteiger partial charge in [0.2, 0.25) is 0 Å². The predicted octanol–water partition coefficient (Wildman–Crippen LogP) is 0.461. The van der Waals surface area contributed by atoms with Crippen molar-refractivity contribution in [2.75, 3.05) is 26.3 Å². The molecule has 0 aromatic carbocycles. The first-order chi connectivity index (χ1) is 7.70. The Bertz CT molecular complexity index is 263. The van der Waals surface area contributed by atoms with Gasteiger partial charge in [0.05, 0.1) is 26.3 Å². The van der Waals surface area contributed by atoms with Crippen LogP contribution in [0.3, 0.4) is 0 Å². The normalized spacial score (nSPS) is 19.4. The highest BCUT2D eigenvalue weighted by atomic mass is 16.6. The van der Waals surface area contributed by atoms with Crippen LogP contribution >= 0.6 is 0 Å². The van der Waals surface area contributed by atoms with Crippen molar-refractivity contribution in [3.63, 3.8) is 0 Å². The number of carbonyl (C=O) groups is 2. The zero-order valence-electron chi connectivity index (χ0n) is 9.51. The molecule has 0 radical (unpaired) electrons. The number of hydrogen-bond acceptors (Lipinski definition) is 5. The van der Waals surface area contributed by atoms with Crippen LogP contribution in [0.15, 0.2) is 4.99 Å². The minimum atomic E-state index is -0.663. The lowest BCUT2D eigenvalue weighted by Crippen LogP contribution is -2.50. The molecule has 0 saturated carbocycles. The van der Waals surface area contributed by atoms with Crippen molar-refractivity contribution in [1.82, 2.24) is 4.90 Å². The van der Waals surface area contributed by atoms with Crippen LogP contribution in [-0.4, -0.2) is 55.5 Å². The fourth-order valence-corrected chi connectivity index (χ4v) is 1.39. The maximum Gasteiger partial charge on any atom is 0.410 e. The molecule has 16 heavy (non-hydrogen) atoms. The van der Waals surface area contributed by atoms with E-state index in [-0.39, 0.29) is 26.3 Å². The molecule has 0 aliphatic carbocycles. The van der Waals surface area contributed by atoms with Gasteiger partial charge in [-0.15, -0.1) is 0 Å². The summed E-state index contributed by atoms with van der Waals surface area (Å²) in [5.41, 5.74) is 0. The number of hydrogen-bond donors (Lipinski definition) is 0. The number of ether oxygens (including phenoxy) is 2. The molecule has 90 valence electrons. The van der Waals surface area contributed by atoms with Crippen LogP contribution in [0.2, 0.25) is 0 Å². The van der Waals surface area contributed by atoms with E-state index in [0.29, 0.717) is 0 Å². The van der Waals surface area contributed by atoms with Crippen molar-refractivity contribution in [2.45, 2.75) is 19.9 Å². The molecule has 1 aliphatic heterocycles. The van der Waals surface area contributed by atoms with Crippen molar-refractivity contribution in [1.29, 1.82) is 0 Å². The van der Waals surface area contributed by atoms with E-state index in [2.05, 4.69) is 4.99 Å². The van der Waals surface area contributed by atoms with Gasteiger partial charge in [-0.2, -0.15) is 0 Å². The van der Waals surface area contributed by atoms with Crippen LogP contribution in [-0.2, 0) is 14.3 Å². The van der Waals surface area contributed by atoms with Gasteiger partial charge in [-0.05, 0) is 13.8 Å². The summed E-state index contributed by atoms with van der Waals surface area (Å²) < 4.78 is 9.74. The second-order valence-electron chi connectivity index (χ2n) is 3.17. The van der Waals surface area contributed by atoms with E-state index in [1.54, 1.807) is 20.1 Å². The lowest BCUT2D eigenvalue weighted by Gasteiger charge is -2.29. The first-order valence-corrected chi connectivity index (χ1v) is 5.29. The summed E-state index contributed by atoms with van der Waals surface area (Å²) in [5.74, 6) is -0.438. The average molecular weight is 228 g/mol. The van der Waals surface area contributed by atoms with Crippen LogP contribution in [0.5, 0.6) is 0 Å². The van der Waals surface area contributed by atoms with Gasteiger partial charge in [-0.3, -0.25) is 9.89 Å². The van der Waals surface area contributed by atoms with Crippen LogP contribution in [0, 0.1) is 0 Å². The molecule has 0 aromatic heterocycles. The fourth-order valence-electron chi connectivity index (χ4n) is 1.39. The summed E-state index contributed by atoms with van der Waals surface area (Å²) in [4.78, 5) is 28.4. The molecule has 6 nitrogen and oxygen atoms in total. The van der Waals surface area contributed by atoms with Gasteiger partial charge in [0, 0.05) is 6.21 Å². The number of carbonyl (C=O) groups excluding carboxylic acids is 2. The summed E-state index contributed by atoms with van der Waals surface area (Å²) >= 11 is 0. The third-order valence-electron chi connectivity index (χ3n) is 2.12. The van der Waals surface area contributed by atoms with Gasteiger partial charge < -0.3 is 9.47 Å². The highest BCUT2D eigenvalue weighted by molar-refractivity contribution is 5.84. The Morgan fingerprint density at radius 2 is 2.06 bits per heavy atom. The van der Waals surface area contributed by atoms with Gasteiger partial charge in [-0.1, -0.05) is 0 Å². The van der Waals surface area contributed by atoms with Crippen LogP contribution in [0.1, 0.15) is 13.8 Å². The number of amides is 1. The lowest BCUT2D eigenvalue weighted by atomic mass is 10.2. The maximum absolute atomic E-state index is 11.6. The molecule has 6 heteroatoms. The second kappa shape index (κ2) is 6.09. The quantitative estimate of drug-likeness (QED) is 0.658. The molecule has 1 amide bonds. The molecule has 0 saturated heterocycles. The molecule has 0 spiro atoms. The minimum Gasteiger partial charge on any atom is -0.464 e. The Kier molecular flexibility index (Phi) is 4.75. The maximum atomic E-state index is 11.6. The molecular weight excluding hydrogens is 212 g/mol. The summed E-state index contributed by atoms with van der Waals surface area (Å²) in [5, 5.41) is 0. The Balaban J connectivity index is 2.68. The topological polar surface area (TPSA) is 68.2 Å². The van der Waals surface area contributed by atoms with Crippen molar-refractivity contribution >= 4 is 18.3 Å². The standard InChI is InChI=1S/C10H16N2O4/c1-3-15-9(13)8-7-11-5-6-12(8)10(14)16-4-2/h5,8H,3-4,6-7H2,1-2H3. The van der Waals surface area contributed by atoms with Crippen molar-refractivity contribution in [3.8, 4) is 0 Å². The summed E-state index contributed by atoms with van der Waals surface area (Å²) in [6.45, 7) is 4.52. The Morgan fingerprint density at radius 1 is 1.38 bits per heavy atom. The molecule has 1 atom stereocenters. The highest BCUT2D eigenvalue weighted by Gasteiger charge is 2.32. The van der Waals surface area contributed by atoms with Gasteiger partial charge in [0.25, 0.3) is 0 Å². The smallest absolute Gasteiger partial charge is 0.410 e. The molecule has 1 aliphatic rings. The SMILES string of the molecule is CCOC(=O)C1CN=CCN1C(=O)OCC. The van der Waals surface area contributed by atoms with Crippen molar-refractivity contribution < 1.29 is 19.1 Å². The molecular formula is C10H16N2O4. The fraction of sp³-hybridized carbons (Fsp3) is 0.700. The molecule has 0 aromatic rings. The Morgan fingerprint density at radius 3 is 2.69 bits per heavy atom. The number of esters is 1. The van der Waals surface area contributed by atoms with Crippen molar-refractivity contribution in [3.05, 3.63) is 0 Å². The lowest BCUT2D eigenvalue weighted by molar-refractivity contribution is -0.148. The molecule has 0 bridgehead atoms. The molecule has 0 fully saturated rings. The highest BCUT2D eigenvalue weighted by Crippen LogP contribution is 2.08. The third kappa shape index (κ3) is 2.95. The minimum absolute atomic E-state index is 0.234. The van der Waals surface area contributed by atoms with Crippen LogP contribution in [0.4, 0.5) is 4.79 Å². The van der Waals surface area contributed by atoms with E-state index >= 15 is 0 Å². The van der Waals surface area contributed by atoms with Crippen LogP contribution < -0.4 is 0 Å². The van der Waals surface area contributed by atoms with E-state index in [0.717, 1.165) is 0 Å². The molecule has 1 rings (SSSR count). The first-order valence-electron chi connectivity index (χ1n) is 5.29. The zero-order valence-corrected chi connectivity index (χ0v) is 9.51. The van der Waals surface area contributed by atoms with Crippen LogP contribution in [0.25, 0.3) is 0 Å². The monoisotopic (exact) mass is 228 g/mol. The Labute approximate surface area is 94.2 Å². The molecule has 1 heterocycles. The summed E-state index contributed by atoms with van der Waals surface area (Å²) in [7, 11) is 0. The second-order valence-corrected chi connectivity index (χ2v) is 3.17.